The van der Waals surface area contributed by atoms with Crippen LogP contribution < -0.4 is 0 Å². The lowest BCUT2D eigenvalue weighted by molar-refractivity contribution is -0.155. The summed E-state index contributed by atoms with van der Waals surface area (Å²) in [6, 6.07) is 0. The molecule has 0 aromatic rings. The van der Waals surface area contributed by atoms with Crippen LogP contribution >= 0.6 is 0 Å². The van der Waals surface area contributed by atoms with Gasteiger partial charge in [0.15, 0.2) is 0 Å². The standard InChI is InChI=1S/C16H20O2/c17-15-11-5-1-3-9-7-8-10-4-2-6-12(16(15)18)14(10)13(9)11/h7-14H,1-6H2. The van der Waals surface area contributed by atoms with Gasteiger partial charge in [-0.15, -0.1) is 0 Å². The highest BCUT2D eigenvalue weighted by Crippen LogP contribution is 2.55. The zero-order chi connectivity index (χ0) is 12.3. The second-order valence-electron chi connectivity index (χ2n) is 6.67. The highest BCUT2D eigenvalue weighted by atomic mass is 16.2. The summed E-state index contributed by atoms with van der Waals surface area (Å²) >= 11 is 0. The summed E-state index contributed by atoms with van der Waals surface area (Å²) in [5.41, 5.74) is 0. The molecule has 0 saturated heterocycles. The van der Waals surface area contributed by atoms with Gasteiger partial charge in [-0.2, -0.15) is 0 Å². The zero-order valence-corrected chi connectivity index (χ0v) is 10.7. The third kappa shape index (κ3) is 1.29. The molecular formula is C16H20O2. The van der Waals surface area contributed by atoms with Crippen molar-refractivity contribution in [2.24, 2.45) is 35.5 Å². The molecule has 0 amide bonds. The molecule has 0 heterocycles. The Morgan fingerprint density at radius 3 is 1.61 bits per heavy atom. The second-order valence-corrected chi connectivity index (χ2v) is 6.67. The van der Waals surface area contributed by atoms with E-state index >= 15 is 0 Å². The third-order valence-corrected chi connectivity index (χ3v) is 5.99. The van der Waals surface area contributed by atoms with Gasteiger partial charge < -0.3 is 0 Å². The maximum atomic E-state index is 12.3. The summed E-state index contributed by atoms with van der Waals surface area (Å²) in [6.45, 7) is 0. The van der Waals surface area contributed by atoms with Crippen molar-refractivity contribution in [1.82, 2.24) is 0 Å². The average molecular weight is 244 g/mol. The van der Waals surface area contributed by atoms with E-state index in [1.54, 1.807) is 0 Å². The molecule has 0 spiro atoms. The molecule has 0 aliphatic heterocycles. The number of ketones is 2. The Bertz CT molecular complexity index is 396. The Labute approximate surface area is 108 Å². The van der Waals surface area contributed by atoms with Crippen LogP contribution in [0.2, 0.25) is 0 Å². The van der Waals surface area contributed by atoms with Gasteiger partial charge in [0.25, 0.3) is 0 Å². The SMILES string of the molecule is O=C1C(=O)C2CCCC3C=CC4CCCC1C4C32. The second kappa shape index (κ2) is 3.79. The lowest BCUT2D eigenvalue weighted by atomic mass is 9.49. The number of carbonyl (C=O) groups excluding carboxylic acids is 2. The molecule has 96 valence electrons. The topological polar surface area (TPSA) is 34.1 Å². The predicted octanol–water partition coefficient (Wildman–Crippen LogP) is 2.77. The monoisotopic (exact) mass is 244 g/mol. The van der Waals surface area contributed by atoms with Crippen molar-refractivity contribution in [2.45, 2.75) is 38.5 Å². The van der Waals surface area contributed by atoms with Gasteiger partial charge in [0.2, 0.25) is 11.6 Å². The molecule has 2 heteroatoms. The van der Waals surface area contributed by atoms with Crippen molar-refractivity contribution in [2.75, 3.05) is 0 Å². The maximum absolute atomic E-state index is 12.3. The quantitative estimate of drug-likeness (QED) is 0.485. The molecule has 0 aromatic heterocycles. The highest BCUT2D eigenvalue weighted by molar-refractivity contribution is 6.39. The minimum Gasteiger partial charge on any atom is -0.291 e. The molecule has 3 saturated carbocycles. The van der Waals surface area contributed by atoms with Crippen molar-refractivity contribution in [3.8, 4) is 0 Å². The summed E-state index contributed by atoms with van der Waals surface area (Å²) in [6.07, 6.45) is 11.4. The first-order valence-electron chi connectivity index (χ1n) is 7.54. The smallest absolute Gasteiger partial charge is 0.202 e. The molecule has 0 N–H and O–H groups in total. The van der Waals surface area contributed by atoms with E-state index in [0.717, 1.165) is 25.7 Å². The normalized spacial score (nSPS) is 50.0. The van der Waals surface area contributed by atoms with Crippen LogP contribution in [-0.2, 0) is 9.59 Å². The molecule has 0 radical (unpaired) electrons. The van der Waals surface area contributed by atoms with Gasteiger partial charge in [-0.3, -0.25) is 9.59 Å². The van der Waals surface area contributed by atoms with Crippen LogP contribution in [0.15, 0.2) is 12.2 Å². The molecule has 0 bridgehead atoms. The van der Waals surface area contributed by atoms with Crippen molar-refractivity contribution in [1.29, 1.82) is 0 Å². The maximum Gasteiger partial charge on any atom is 0.202 e. The third-order valence-electron chi connectivity index (χ3n) is 5.99. The van der Waals surface area contributed by atoms with Crippen molar-refractivity contribution < 1.29 is 9.59 Å². The summed E-state index contributed by atoms with van der Waals surface area (Å²) in [7, 11) is 0. The molecule has 0 aromatic carbocycles. The number of rotatable bonds is 0. The lowest BCUT2D eigenvalue weighted by Gasteiger charge is -2.53. The first-order chi connectivity index (χ1) is 8.77. The number of Topliss-reactive ketones (excluding diaryl/α,β-unsaturated/α-hetero) is 2. The number of hydrogen-bond acceptors (Lipinski definition) is 2. The van der Waals surface area contributed by atoms with Gasteiger partial charge in [0, 0.05) is 11.8 Å². The highest BCUT2D eigenvalue weighted by Gasteiger charge is 2.56. The summed E-state index contributed by atoms with van der Waals surface area (Å²) in [4.78, 5) is 24.6. The summed E-state index contributed by atoms with van der Waals surface area (Å²) in [5.74, 6) is 2.30. The van der Waals surface area contributed by atoms with Crippen LogP contribution in [0.3, 0.4) is 0 Å². The largest absolute Gasteiger partial charge is 0.291 e. The van der Waals surface area contributed by atoms with Crippen molar-refractivity contribution >= 4 is 11.6 Å². The van der Waals surface area contributed by atoms with E-state index in [-0.39, 0.29) is 23.4 Å². The van der Waals surface area contributed by atoms with E-state index in [4.69, 9.17) is 0 Å². The molecule has 4 aliphatic rings. The number of carbonyl (C=O) groups is 2. The van der Waals surface area contributed by atoms with Crippen LogP contribution in [0.1, 0.15) is 38.5 Å². The fourth-order valence-electron chi connectivity index (χ4n) is 5.33. The van der Waals surface area contributed by atoms with Gasteiger partial charge in [-0.1, -0.05) is 25.0 Å². The zero-order valence-electron chi connectivity index (χ0n) is 10.7. The minimum absolute atomic E-state index is 0.0121. The van der Waals surface area contributed by atoms with E-state index < -0.39 is 0 Å². The fraction of sp³-hybridized carbons (Fsp3) is 0.750. The average Bonchev–Trinajstić information content (AvgIpc) is 2.43. The predicted molar refractivity (Wildman–Crippen MR) is 67.8 cm³/mol. The van der Waals surface area contributed by atoms with Gasteiger partial charge in [0.1, 0.15) is 0 Å². The number of allylic oxidation sites excluding steroid dienone is 2. The molecule has 4 rings (SSSR count). The van der Waals surface area contributed by atoms with Crippen LogP contribution in [0.5, 0.6) is 0 Å². The Morgan fingerprint density at radius 1 is 0.722 bits per heavy atom. The van der Waals surface area contributed by atoms with E-state index in [1.165, 1.54) is 12.8 Å². The van der Waals surface area contributed by atoms with Gasteiger partial charge >= 0.3 is 0 Å². The molecule has 4 aliphatic carbocycles. The van der Waals surface area contributed by atoms with Crippen LogP contribution in [-0.4, -0.2) is 11.6 Å². The summed E-state index contributed by atoms with van der Waals surface area (Å²) in [5, 5.41) is 0. The molecular weight excluding hydrogens is 224 g/mol. The Balaban J connectivity index is 1.81. The van der Waals surface area contributed by atoms with E-state index in [0.29, 0.717) is 23.7 Å². The van der Waals surface area contributed by atoms with E-state index in [2.05, 4.69) is 12.2 Å². The molecule has 3 fully saturated rings. The Morgan fingerprint density at radius 2 is 1.17 bits per heavy atom. The molecule has 6 unspecified atom stereocenters. The van der Waals surface area contributed by atoms with Gasteiger partial charge in [-0.25, -0.2) is 0 Å². The Kier molecular flexibility index (Phi) is 2.30. The fourth-order valence-corrected chi connectivity index (χ4v) is 5.33. The van der Waals surface area contributed by atoms with Crippen molar-refractivity contribution in [3.05, 3.63) is 12.2 Å². The number of hydrogen-bond donors (Lipinski definition) is 0. The Hall–Kier alpha value is -0.920. The lowest BCUT2D eigenvalue weighted by Crippen LogP contribution is -2.55. The van der Waals surface area contributed by atoms with Crippen LogP contribution in [0.4, 0.5) is 0 Å². The van der Waals surface area contributed by atoms with Gasteiger partial charge in [-0.05, 0) is 49.4 Å². The van der Waals surface area contributed by atoms with E-state index in [9.17, 15) is 9.59 Å². The van der Waals surface area contributed by atoms with Crippen LogP contribution in [0, 0.1) is 35.5 Å². The minimum atomic E-state index is -0.0121. The van der Waals surface area contributed by atoms with Crippen LogP contribution in [0.25, 0.3) is 0 Å². The molecule has 2 nitrogen and oxygen atoms in total. The van der Waals surface area contributed by atoms with Crippen molar-refractivity contribution in [3.63, 3.8) is 0 Å². The molecule has 6 atom stereocenters. The summed E-state index contributed by atoms with van der Waals surface area (Å²) < 4.78 is 0. The van der Waals surface area contributed by atoms with Gasteiger partial charge in [0.05, 0.1) is 0 Å². The first-order valence-corrected chi connectivity index (χ1v) is 7.54. The van der Waals surface area contributed by atoms with E-state index in [1.807, 2.05) is 0 Å². The first kappa shape index (κ1) is 11.0. The molecule has 18 heavy (non-hydrogen) atoms.